The molecule has 3 amide bonds. The molecule has 2 rings (SSSR count). The van der Waals surface area contributed by atoms with Gasteiger partial charge in [0.05, 0.1) is 0 Å². The number of nitrogens with zero attached hydrogens (tertiary/aromatic N) is 2. The molecule has 0 aliphatic carbocycles. The average Bonchev–Trinajstić information content (AvgIpc) is 2.73. The Morgan fingerprint density at radius 2 is 1.77 bits per heavy atom. The van der Waals surface area contributed by atoms with Gasteiger partial charge in [-0.25, -0.2) is 0 Å². The van der Waals surface area contributed by atoms with E-state index in [0.717, 1.165) is 51.1 Å². The highest BCUT2D eigenvalue weighted by molar-refractivity contribution is 6.03. The van der Waals surface area contributed by atoms with E-state index in [4.69, 9.17) is 0 Å². The maximum atomic E-state index is 12.1. The van der Waals surface area contributed by atoms with Crippen LogP contribution in [0.3, 0.4) is 0 Å². The van der Waals surface area contributed by atoms with Crippen molar-refractivity contribution in [3.05, 3.63) is 0 Å². The fraction of sp³-hybridized carbons (Fsp3) is 0.824. The first-order valence-electron chi connectivity index (χ1n) is 8.61. The summed E-state index contributed by atoms with van der Waals surface area (Å²) in [7, 11) is 0. The lowest BCUT2D eigenvalue weighted by atomic mass is 9.99. The number of amides is 3. The molecule has 0 N–H and O–H groups in total. The molecule has 5 heteroatoms. The molecule has 0 bridgehead atoms. The van der Waals surface area contributed by atoms with E-state index in [1.54, 1.807) is 6.92 Å². The second-order valence-electron chi connectivity index (χ2n) is 6.86. The fourth-order valence-corrected chi connectivity index (χ4v) is 3.22. The van der Waals surface area contributed by atoms with Crippen LogP contribution in [0.2, 0.25) is 0 Å². The van der Waals surface area contributed by atoms with Crippen LogP contribution in [0.1, 0.15) is 58.8 Å². The molecule has 0 aromatic rings. The second-order valence-corrected chi connectivity index (χ2v) is 6.86. The third kappa shape index (κ3) is 4.31. The van der Waals surface area contributed by atoms with Gasteiger partial charge in [0.15, 0.2) is 0 Å². The Bertz CT molecular complexity index is 428. The molecule has 0 aromatic carbocycles. The third-order valence-corrected chi connectivity index (χ3v) is 4.88. The minimum atomic E-state index is -0.157. The van der Waals surface area contributed by atoms with Crippen LogP contribution in [0.25, 0.3) is 0 Å². The number of imide groups is 1. The number of carbonyl (C=O) groups is 3. The van der Waals surface area contributed by atoms with Gasteiger partial charge >= 0.3 is 0 Å². The summed E-state index contributed by atoms with van der Waals surface area (Å²) in [6.45, 7) is 6.35. The van der Waals surface area contributed by atoms with Gasteiger partial charge in [-0.2, -0.15) is 0 Å². The lowest BCUT2D eigenvalue weighted by Gasteiger charge is -2.30. The summed E-state index contributed by atoms with van der Waals surface area (Å²) in [6, 6.07) is 0. The van der Waals surface area contributed by atoms with Gasteiger partial charge in [0, 0.05) is 38.4 Å². The van der Waals surface area contributed by atoms with Crippen LogP contribution < -0.4 is 0 Å². The van der Waals surface area contributed by atoms with Gasteiger partial charge in [-0.15, -0.1) is 0 Å². The molecule has 2 fully saturated rings. The van der Waals surface area contributed by atoms with E-state index in [1.165, 1.54) is 4.90 Å². The highest BCUT2D eigenvalue weighted by atomic mass is 16.2. The van der Waals surface area contributed by atoms with Gasteiger partial charge in [-0.3, -0.25) is 19.3 Å². The normalized spacial score (nSPS) is 23.5. The molecule has 0 radical (unpaired) electrons. The number of hydrogen-bond acceptors (Lipinski definition) is 3. The maximum absolute atomic E-state index is 12.1. The zero-order valence-corrected chi connectivity index (χ0v) is 13.8. The molecule has 2 saturated heterocycles. The summed E-state index contributed by atoms with van der Waals surface area (Å²) in [5, 5.41) is 0. The quantitative estimate of drug-likeness (QED) is 0.558. The largest absolute Gasteiger partial charge is 0.343 e. The summed E-state index contributed by atoms with van der Waals surface area (Å²) in [5.41, 5.74) is 0. The Balaban J connectivity index is 1.58. The average molecular weight is 308 g/mol. The molecule has 124 valence electrons. The standard InChI is InChI=1S/C17H28N2O3/c1-13-7-10-18(11-8-13)15(20)6-4-3-5-9-19-16(21)12-14(2)17(19)22/h13-14H,3-12H2,1-2H3. The topological polar surface area (TPSA) is 57.7 Å². The number of piperidine rings is 1. The summed E-state index contributed by atoms with van der Waals surface area (Å²) in [6.07, 6.45) is 5.70. The van der Waals surface area contributed by atoms with Crippen LogP contribution >= 0.6 is 0 Å². The van der Waals surface area contributed by atoms with Crippen LogP contribution in [-0.4, -0.2) is 47.2 Å². The molecule has 22 heavy (non-hydrogen) atoms. The summed E-state index contributed by atoms with van der Waals surface area (Å²) >= 11 is 0. The number of rotatable bonds is 6. The Hall–Kier alpha value is -1.39. The molecular weight excluding hydrogens is 280 g/mol. The Morgan fingerprint density at radius 3 is 2.36 bits per heavy atom. The van der Waals surface area contributed by atoms with Crippen molar-refractivity contribution in [3.8, 4) is 0 Å². The minimum Gasteiger partial charge on any atom is -0.343 e. The second kappa shape index (κ2) is 7.75. The highest BCUT2D eigenvalue weighted by Gasteiger charge is 2.34. The summed E-state index contributed by atoms with van der Waals surface area (Å²) < 4.78 is 0. The van der Waals surface area contributed by atoms with Crippen molar-refractivity contribution in [1.29, 1.82) is 0 Å². The molecule has 2 heterocycles. The monoisotopic (exact) mass is 308 g/mol. The Labute approximate surface area is 133 Å². The van der Waals surface area contributed by atoms with Gasteiger partial charge in [-0.1, -0.05) is 20.3 Å². The molecule has 5 nitrogen and oxygen atoms in total. The fourth-order valence-electron chi connectivity index (χ4n) is 3.22. The molecule has 0 spiro atoms. The molecule has 0 saturated carbocycles. The smallest absolute Gasteiger partial charge is 0.232 e. The predicted molar refractivity (Wildman–Crippen MR) is 83.9 cm³/mol. The molecule has 1 atom stereocenters. The van der Waals surface area contributed by atoms with E-state index in [0.29, 0.717) is 19.4 Å². The van der Waals surface area contributed by atoms with Crippen molar-refractivity contribution in [2.45, 2.75) is 58.8 Å². The van der Waals surface area contributed by atoms with E-state index in [-0.39, 0.29) is 23.6 Å². The zero-order valence-electron chi connectivity index (χ0n) is 13.8. The van der Waals surface area contributed by atoms with Gasteiger partial charge < -0.3 is 4.90 Å². The lowest BCUT2D eigenvalue weighted by Crippen LogP contribution is -2.37. The van der Waals surface area contributed by atoms with Crippen molar-refractivity contribution in [1.82, 2.24) is 9.80 Å². The molecule has 2 aliphatic heterocycles. The van der Waals surface area contributed by atoms with Crippen LogP contribution in [0.4, 0.5) is 0 Å². The van der Waals surface area contributed by atoms with Crippen molar-refractivity contribution >= 4 is 17.7 Å². The third-order valence-electron chi connectivity index (χ3n) is 4.88. The summed E-state index contributed by atoms with van der Waals surface area (Å²) in [5.74, 6) is 0.755. The maximum Gasteiger partial charge on any atom is 0.232 e. The van der Waals surface area contributed by atoms with Gasteiger partial charge in [-0.05, 0) is 31.6 Å². The highest BCUT2D eigenvalue weighted by Crippen LogP contribution is 2.20. The van der Waals surface area contributed by atoms with Gasteiger partial charge in [0.2, 0.25) is 17.7 Å². The van der Waals surface area contributed by atoms with Crippen LogP contribution in [0.15, 0.2) is 0 Å². The number of unbranched alkanes of at least 4 members (excludes halogenated alkanes) is 2. The SMILES string of the molecule is CC1CCN(C(=O)CCCCCN2C(=O)CC(C)C2=O)CC1. The zero-order chi connectivity index (χ0) is 16.1. The van der Waals surface area contributed by atoms with E-state index in [2.05, 4.69) is 6.92 Å². The van der Waals surface area contributed by atoms with Crippen molar-refractivity contribution in [2.24, 2.45) is 11.8 Å². The van der Waals surface area contributed by atoms with Crippen molar-refractivity contribution in [3.63, 3.8) is 0 Å². The number of likely N-dealkylation sites (tertiary alicyclic amines) is 2. The Morgan fingerprint density at radius 1 is 1.09 bits per heavy atom. The van der Waals surface area contributed by atoms with Crippen molar-refractivity contribution < 1.29 is 14.4 Å². The van der Waals surface area contributed by atoms with E-state index < -0.39 is 0 Å². The molecular formula is C17H28N2O3. The first-order chi connectivity index (χ1) is 10.5. The lowest BCUT2D eigenvalue weighted by molar-refractivity contribution is -0.139. The first kappa shape index (κ1) is 17.0. The van der Waals surface area contributed by atoms with E-state index in [1.807, 2.05) is 4.90 Å². The molecule has 0 aromatic heterocycles. The predicted octanol–water partition coefficient (Wildman–Crippen LogP) is 2.20. The Kier molecular flexibility index (Phi) is 5.98. The number of hydrogen-bond donors (Lipinski definition) is 0. The number of carbonyl (C=O) groups excluding carboxylic acids is 3. The molecule has 1 unspecified atom stereocenters. The minimum absolute atomic E-state index is 0.0384. The van der Waals surface area contributed by atoms with Crippen LogP contribution in [0.5, 0.6) is 0 Å². The van der Waals surface area contributed by atoms with Crippen molar-refractivity contribution in [2.75, 3.05) is 19.6 Å². The van der Waals surface area contributed by atoms with Gasteiger partial charge in [0.25, 0.3) is 0 Å². The first-order valence-corrected chi connectivity index (χ1v) is 8.61. The van der Waals surface area contributed by atoms with Gasteiger partial charge in [0.1, 0.15) is 0 Å². The van der Waals surface area contributed by atoms with E-state index >= 15 is 0 Å². The van der Waals surface area contributed by atoms with Crippen LogP contribution in [-0.2, 0) is 14.4 Å². The summed E-state index contributed by atoms with van der Waals surface area (Å²) in [4.78, 5) is 38.9. The van der Waals surface area contributed by atoms with E-state index in [9.17, 15) is 14.4 Å². The van der Waals surface area contributed by atoms with Crippen LogP contribution in [0, 0.1) is 11.8 Å². The molecule has 2 aliphatic rings.